The van der Waals surface area contributed by atoms with Gasteiger partial charge >= 0.3 is 0 Å². The molecule has 1 unspecified atom stereocenters. The molecule has 17 heavy (non-hydrogen) atoms. The number of hydrogen-bond acceptors (Lipinski definition) is 4. The van der Waals surface area contributed by atoms with Crippen LogP contribution < -0.4 is 0 Å². The largest absolute Gasteiger partial charge is 0.385 e. The maximum absolute atomic E-state index is 11.7. The molecule has 1 N–H and O–H groups in total. The van der Waals surface area contributed by atoms with E-state index < -0.39 is 6.10 Å². The van der Waals surface area contributed by atoms with Crippen molar-refractivity contribution in [2.45, 2.75) is 52.6 Å². The predicted molar refractivity (Wildman–Crippen MR) is 70.4 cm³/mol. The summed E-state index contributed by atoms with van der Waals surface area (Å²) >= 11 is 1.49. The fourth-order valence-corrected chi connectivity index (χ4v) is 2.39. The molecule has 0 aromatic carbocycles. The monoisotopic (exact) mass is 255 g/mol. The Morgan fingerprint density at radius 2 is 2.06 bits per heavy atom. The zero-order valence-electron chi connectivity index (χ0n) is 11.2. The molecule has 0 aliphatic carbocycles. The number of hydrogen-bond donors (Lipinski definition) is 1. The van der Waals surface area contributed by atoms with Crippen molar-refractivity contribution in [1.29, 1.82) is 0 Å². The van der Waals surface area contributed by atoms with Gasteiger partial charge in [0, 0.05) is 10.8 Å². The average Bonchev–Trinajstić information content (AvgIpc) is 2.64. The number of thiazole rings is 1. The number of ketones is 1. The lowest BCUT2D eigenvalue weighted by molar-refractivity contribution is -0.128. The molecule has 3 nitrogen and oxygen atoms in total. The van der Waals surface area contributed by atoms with Gasteiger partial charge in [-0.25, -0.2) is 4.98 Å². The molecular formula is C13H21NO2S. The molecule has 0 spiro atoms. The summed E-state index contributed by atoms with van der Waals surface area (Å²) in [4.78, 5) is 16.2. The first-order valence-corrected chi connectivity index (χ1v) is 6.75. The number of rotatable bonds is 4. The summed E-state index contributed by atoms with van der Waals surface area (Å²) in [6.45, 7) is 9.96. The Labute approximate surface area is 107 Å². The van der Waals surface area contributed by atoms with Crippen LogP contribution in [0.2, 0.25) is 0 Å². The van der Waals surface area contributed by atoms with E-state index in [0.717, 1.165) is 10.7 Å². The van der Waals surface area contributed by atoms with E-state index in [9.17, 15) is 9.90 Å². The fraction of sp³-hybridized carbons (Fsp3) is 0.692. The van der Waals surface area contributed by atoms with Crippen molar-refractivity contribution >= 4 is 17.1 Å². The molecule has 0 fully saturated rings. The van der Waals surface area contributed by atoms with Gasteiger partial charge in [-0.2, -0.15) is 0 Å². The number of carbonyl (C=O) groups is 1. The molecule has 0 radical (unpaired) electrons. The Bertz CT molecular complexity index is 390. The van der Waals surface area contributed by atoms with E-state index in [2.05, 4.69) is 25.8 Å². The lowest BCUT2D eigenvalue weighted by Gasteiger charge is -2.14. The molecule has 1 rings (SSSR count). The van der Waals surface area contributed by atoms with Gasteiger partial charge in [-0.15, -0.1) is 11.3 Å². The number of aliphatic hydroxyl groups is 1. The standard InChI is InChI=1S/C13H21NO2S/c1-8(2)12(16)9(15)6-11-14-10(7-17-11)13(3,4)5/h7-8,12,16H,6H2,1-5H3. The van der Waals surface area contributed by atoms with Crippen LogP contribution in [0.1, 0.15) is 45.3 Å². The van der Waals surface area contributed by atoms with Gasteiger partial charge in [0.15, 0.2) is 5.78 Å². The van der Waals surface area contributed by atoms with Crippen LogP contribution in [-0.2, 0) is 16.6 Å². The van der Waals surface area contributed by atoms with Crippen LogP contribution in [0.3, 0.4) is 0 Å². The van der Waals surface area contributed by atoms with Crippen LogP contribution >= 0.6 is 11.3 Å². The minimum Gasteiger partial charge on any atom is -0.385 e. The molecule has 0 aliphatic heterocycles. The van der Waals surface area contributed by atoms with Gasteiger partial charge in [0.25, 0.3) is 0 Å². The van der Waals surface area contributed by atoms with Crippen LogP contribution in [-0.4, -0.2) is 22.0 Å². The second kappa shape index (κ2) is 5.27. The summed E-state index contributed by atoms with van der Waals surface area (Å²) in [5.74, 6) is -0.181. The van der Waals surface area contributed by atoms with E-state index in [1.165, 1.54) is 11.3 Å². The van der Waals surface area contributed by atoms with E-state index in [-0.39, 0.29) is 23.5 Å². The van der Waals surface area contributed by atoms with Gasteiger partial charge in [0.05, 0.1) is 12.1 Å². The molecule has 1 aromatic heterocycles. The quantitative estimate of drug-likeness (QED) is 0.899. The Balaban J connectivity index is 2.71. The third-order valence-electron chi connectivity index (χ3n) is 2.61. The van der Waals surface area contributed by atoms with E-state index >= 15 is 0 Å². The van der Waals surface area contributed by atoms with Gasteiger partial charge < -0.3 is 5.11 Å². The van der Waals surface area contributed by atoms with Crippen molar-refractivity contribution in [3.8, 4) is 0 Å². The highest BCUT2D eigenvalue weighted by Crippen LogP contribution is 2.24. The second-order valence-electron chi connectivity index (χ2n) is 5.71. The molecule has 0 saturated carbocycles. The van der Waals surface area contributed by atoms with Crippen LogP contribution in [0.4, 0.5) is 0 Å². The van der Waals surface area contributed by atoms with E-state index in [1.54, 1.807) is 0 Å². The lowest BCUT2D eigenvalue weighted by atomic mass is 9.93. The van der Waals surface area contributed by atoms with E-state index in [0.29, 0.717) is 0 Å². The highest BCUT2D eigenvalue weighted by Gasteiger charge is 2.22. The Morgan fingerprint density at radius 3 is 2.47 bits per heavy atom. The van der Waals surface area contributed by atoms with Crippen molar-refractivity contribution in [3.63, 3.8) is 0 Å². The van der Waals surface area contributed by atoms with Gasteiger partial charge in [-0.05, 0) is 5.92 Å². The number of Topliss-reactive ketones (excluding diaryl/α,β-unsaturated/α-hetero) is 1. The topological polar surface area (TPSA) is 50.2 Å². The minimum atomic E-state index is -0.878. The van der Waals surface area contributed by atoms with Crippen LogP contribution in [0, 0.1) is 5.92 Å². The molecule has 0 bridgehead atoms. The van der Waals surface area contributed by atoms with Crippen LogP contribution in [0.15, 0.2) is 5.38 Å². The summed E-state index contributed by atoms with van der Waals surface area (Å²) in [5.41, 5.74) is 1.01. The number of carbonyl (C=O) groups excluding carboxylic acids is 1. The fourth-order valence-electron chi connectivity index (χ4n) is 1.36. The normalized spacial score (nSPS) is 14.1. The number of nitrogens with zero attached hydrogens (tertiary/aromatic N) is 1. The van der Waals surface area contributed by atoms with Crippen molar-refractivity contribution in [3.05, 3.63) is 16.1 Å². The van der Waals surface area contributed by atoms with Crippen molar-refractivity contribution in [2.24, 2.45) is 5.92 Å². The van der Waals surface area contributed by atoms with Crippen molar-refractivity contribution in [2.75, 3.05) is 0 Å². The molecule has 1 heterocycles. The summed E-state index contributed by atoms with van der Waals surface area (Å²) in [6.07, 6.45) is -0.642. The molecular weight excluding hydrogens is 234 g/mol. The molecule has 1 atom stereocenters. The number of aliphatic hydroxyl groups excluding tert-OH is 1. The molecule has 4 heteroatoms. The Kier molecular flexibility index (Phi) is 4.44. The maximum atomic E-state index is 11.7. The molecule has 0 saturated heterocycles. The third-order valence-corrected chi connectivity index (χ3v) is 3.46. The van der Waals surface area contributed by atoms with Gasteiger partial charge in [0.1, 0.15) is 11.1 Å². The van der Waals surface area contributed by atoms with E-state index in [4.69, 9.17) is 0 Å². The molecule has 0 aliphatic rings. The Morgan fingerprint density at radius 1 is 1.47 bits per heavy atom. The Hall–Kier alpha value is -0.740. The van der Waals surface area contributed by atoms with Gasteiger partial charge in [-0.3, -0.25) is 4.79 Å². The first-order chi connectivity index (χ1) is 7.71. The second-order valence-corrected chi connectivity index (χ2v) is 6.65. The molecule has 1 aromatic rings. The van der Waals surface area contributed by atoms with Crippen molar-refractivity contribution < 1.29 is 9.90 Å². The SMILES string of the molecule is CC(C)C(O)C(=O)Cc1nc(C(C)(C)C)cs1. The highest BCUT2D eigenvalue weighted by molar-refractivity contribution is 7.09. The summed E-state index contributed by atoms with van der Waals surface area (Å²) in [6, 6.07) is 0. The zero-order chi connectivity index (χ0) is 13.2. The zero-order valence-corrected chi connectivity index (χ0v) is 12.0. The van der Waals surface area contributed by atoms with E-state index in [1.807, 2.05) is 19.2 Å². The minimum absolute atomic E-state index is 0.00839. The summed E-state index contributed by atoms with van der Waals surface area (Å²) in [7, 11) is 0. The molecule has 0 amide bonds. The number of aromatic nitrogens is 1. The smallest absolute Gasteiger partial charge is 0.168 e. The summed E-state index contributed by atoms with van der Waals surface area (Å²) in [5, 5.41) is 12.4. The lowest BCUT2D eigenvalue weighted by Crippen LogP contribution is -2.27. The van der Waals surface area contributed by atoms with Gasteiger partial charge in [-0.1, -0.05) is 34.6 Å². The van der Waals surface area contributed by atoms with Crippen LogP contribution in [0.25, 0.3) is 0 Å². The van der Waals surface area contributed by atoms with Crippen molar-refractivity contribution in [1.82, 2.24) is 4.98 Å². The average molecular weight is 255 g/mol. The summed E-state index contributed by atoms with van der Waals surface area (Å²) < 4.78 is 0. The highest BCUT2D eigenvalue weighted by atomic mass is 32.1. The maximum Gasteiger partial charge on any atom is 0.168 e. The predicted octanol–water partition coefficient (Wildman–Crippen LogP) is 2.57. The van der Waals surface area contributed by atoms with Crippen LogP contribution in [0.5, 0.6) is 0 Å². The third kappa shape index (κ3) is 3.89. The van der Waals surface area contributed by atoms with Gasteiger partial charge in [0.2, 0.25) is 0 Å². The first-order valence-electron chi connectivity index (χ1n) is 5.87. The molecule has 96 valence electrons. The first kappa shape index (κ1) is 14.3.